The van der Waals surface area contributed by atoms with Gasteiger partial charge in [-0.2, -0.15) is 0 Å². The van der Waals surface area contributed by atoms with E-state index in [2.05, 4.69) is 168 Å². The molecule has 31 nitrogen and oxygen atoms in total. The number of amidine groups is 6. The van der Waals surface area contributed by atoms with E-state index < -0.39 is 0 Å². The van der Waals surface area contributed by atoms with E-state index in [0.717, 1.165) is 168 Å². The van der Waals surface area contributed by atoms with E-state index in [-0.39, 0.29) is 81.8 Å². The molecule has 6 aromatic rings. The summed E-state index contributed by atoms with van der Waals surface area (Å²) in [5.41, 5.74) is 11.0. The Morgan fingerprint density at radius 2 is 0.540 bits per heavy atom. The summed E-state index contributed by atoms with van der Waals surface area (Å²) in [6.07, 6.45) is 19.0. The van der Waals surface area contributed by atoms with E-state index in [1.54, 1.807) is 72.8 Å². The molecule has 0 aromatic heterocycles. The highest BCUT2D eigenvalue weighted by Crippen LogP contribution is 2.37. The van der Waals surface area contributed by atoms with Crippen LogP contribution in [-0.4, -0.2) is 184 Å². The Kier molecular flexibility index (Phi) is 43.9. The number of likely N-dealkylation sites (tertiary alicyclic amines) is 5. The average Bonchev–Trinajstić information content (AvgIpc) is 1.04. The number of nitrogens with zero attached hydrogens (tertiary/aromatic N) is 18. The zero-order valence-electron chi connectivity index (χ0n) is 86.9. The number of aliphatic imine (C=N–C) groups is 6. The van der Waals surface area contributed by atoms with Gasteiger partial charge in [0.15, 0.2) is 0 Å². The van der Waals surface area contributed by atoms with Crippen molar-refractivity contribution in [2.45, 2.75) is 301 Å². The van der Waals surface area contributed by atoms with E-state index in [0.29, 0.717) is 58.9 Å². The maximum Gasteiger partial charge on any atom is 0.269 e. The number of benzene rings is 6. The summed E-state index contributed by atoms with van der Waals surface area (Å²) >= 11 is 0. The van der Waals surface area contributed by atoms with Gasteiger partial charge in [-0.25, -0.2) is 30.0 Å². The minimum absolute atomic E-state index is 0.0983. The van der Waals surface area contributed by atoms with E-state index in [9.17, 15) is 60.7 Å². The molecule has 0 radical (unpaired) electrons. The Morgan fingerprint density at radius 1 is 0.314 bits per heavy atom. The van der Waals surface area contributed by atoms with Crippen molar-refractivity contribution in [3.8, 4) is 0 Å². The minimum Gasteiger partial charge on any atom is -0.372 e. The van der Waals surface area contributed by atoms with Gasteiger partial charge in [0.1, 0.15) is 35.0 Å². The number of rotatable bonds is 18. The van der Waals surface area contributed by atoms with Crippen LogP contribution in [0.25, 0.3) is 0 Å². The first-order valence-electron chi connectivity index (χ1n) is 49.7. The zero-order chi connectivity index (χ0) is 102. The van der Waals surface area contributed by atoms with Gasteiger partial charge in [-0.3, -0.25) is 60.7 Å². The fraction of sp³-hybridized carbons (Fsp3) is 0.604. The third-order valence-electron chi connectivity index (χ3n) is 25.6. The molecule has 750 valence electrons. The quantitative estimate of drug-likeness (QED) is 0.0334. The summed E-state index contributed by atoms with van der Waals surface area (Å²) in [6, 6.07) is 30.2. The predicted octanol–water partition coefficient (Wildman–Crippen LogP) is 27.1. The molecular weight excluding hydrogens is 1730 g/mol. The van der Waals surface area contributed by atoms with Gasteiger partial charge in [-0.05, 0) is 220 Å². The van der Waals surface area contributed by atoms with Crippen molar-refractivity contribution in [2.24, 2.45) is 82.7 Å². The Balaban J connectivity index is 0.000000224. The minimum atomic E-state index is -0.380. The molecule has 6 saturated heterocycles. The van der Waals surface area contributed by atoms with Crippen molar-refractivity contribution in [3.05, 3.63) is 203 Å². The number of non-ortho nitro benzene ring substituents is 6. The van der Waals surface area contributed by atoms with Gasteiger partial charge in [0.25, 0.3) is 34.1 Å². The van der Waals surface area contributed by atoms with Gasteiger partial charge >= 0.3 is 0 Å². The predicted molar refractivity (Wildman–Crippen MR) is 559 cm³/mol. The highest BCUT2D eigenvalue weighted by atomic mass is 16.6. The first-order valence-corrected chi connectivity index (χ1v) is 49.7. The summed E-state index contributed by atoms with van der Waals surface area (Å²) in [4.78, 5) is 106. The van der Waals surface area contributed by atoms with E-state index in [4.69, 9.17) is 34.7 Å². The molecular formula is C106H158N18O13. The highest BCUT2D eigenvalue weighted by Gasteiger charge is 2.34. The number of ether oxygens (including phenoxy) is 1. The molecule has 6 aromatic carbocycles. The van der Waals surface area contributed by atoms with Crippen LogP contribution in [0.2, 0.25) is 0 Å². The van der Waals surface area contributed by atoms with E-state index >= 15 is 0 Å². The van der Waals surface area contributed by atoms with Crippen molar-refractivity contribution < 1.29 is 34.3 Å². The Bertz CT molecular complexity index is 4980. The third-order valence-corrected chi connectivity index (χ3v) is 25.6. The van der Waals surface area contributed by atoms with Crippen LogP contribution in [0.3, 0.4) is 0 Å². The molecule has 0 bridgehead atoms. The first kappa shape index (κ1) is 112. The largest absolute Gasteiger partial charge is 0.372 e. The highest BCUT2D eigenvalue weighted by molar-refractivity contribution is 5.91. The van der Waals surface area contributed by atoms with Crippen LogP contribution in [0, 0.1) is 155 Å². The van der Waals surface area contributed by atoms with Gasteiger partial charge in [0, 0.05) is 186 Å². The lowest BCUT2D eigenvalue weighted by molar-refractivity contribution is -0.385. The fourth-order valence-corrected chi connectivity index (χ4v) is 18.8. The normalized spacial score (nSPS) is 20.0. The Morgan fingerprint density at radius 3 is 0.781 bits per heavy atom. The van der Waals surface area contributed by atoms with E-state index in [1.165, 1.54) is 133 Å². The smallest absolute Gasteiger partial charge is 0.269 e. The molecule has 137 heavy (non-hydrogen) atoms. The van der Waals surface area contributed by atoms with Crippen LogP contribution in [0.15, 0.2) is 139 Å². The lowest BCUT2D eigenvalue weighted by Crippen LogP contribution is -2.49. The first-order chi connectivity index (χ1) is 64.5. The summed E-state index contributed by atoms with van der Waals surface area (Å²) in [5, 5.41) is 65.2. The van der Waals surface area contributed by atoms with Gasteiger partial charge in [0.05, 0.1) is 75.9 Å². The molecule has 6 atom stereocenters. The molecule has 6 aliphatic rings. The van der Waals surface area contributed by atoms with Crippen LogP contribution in [-0.2, 0) is 4.74 Å². The number of aryl methyl sites for hydroxylation is 6. The second-order valence-corrected chi connectivity index (χ2v) is 41.0. The second kappa shape index (κ2) is 53.4. The number of hydrogen-bond acceptors (Lipinski definition) is 19. The lowest BCUT2D eigenvalue weighted by Gasteiger charge is -2.42. The molecule has 12 rings (SSSR count). The van der Waals surface area contributed by atoms with Crippen molar-refractivity contribution in [1.82, 2.24) is 29.4 Å². The van der Waals surface area contributed by atoms with Crippen molar-refractivity contribution in [2.75, 3.05) is 65.4 Å². The van der Waals surface area contributed by atoms with Crippen molar-refractivity contribution >= 4 is 103 Å². The molecule has 6 fully saturated rings. The van der Waals surface area contributed by atoms with Crippen LogP contribution in [0.5, 0.6) is 0 Å². The average molecular weight is 1890 g/mol. The summed E-state index contributed by atoms with van der Waals surface area (Å²) < 4.78 is 5.79. The second-order valence-electron chi connectivity index (χ2n) is 41.0. The third kappa shape index (κ3) is 34.9. The van der Waals surface area contributed by atoms with Crippen molar-refractivity contribution in [1.29, 1.82) is 0 Å². The lowest BCUT2D eigenvalue weighted by atomic mass is 9.84. The molecule has 0 N–H and O–H groups in total. The summed E-state index contributed by atoms with van der Waals surface area (Å²) in [6.45, 7) is 64.9. The number of nitro groups is 6. The molecule has 0 aliphatic carbocycles. The van der Waals surface area contributed by atoms with Crippen LogP contribution >= 0.6 is 0 Å². The molecule has 0 saturated carbocycles. The number of piperidine rings is 3. The molecule has 6 unspecified atom stereocenters. The standard InChI is InChI=1S/4C18H27N3O2.C17H25N3O3.C17H25N3O2/c1-13(2)17(20-10-6-9-18(4,5)12-20)19-16-8-7-15(21(22)23)11-14(16)3;1-12(2)18(20-10-13(3)8-14(4)11-20)19-17-7-6-16(21(22)23)9-15(17)5;1-12(2)18(20-14(4)7-6-8-15(20)5)19-17-10-9-16(21(22)23)11-13(17)3;1-14(2)18(20-11-7-5-4-6-8-12-20)19-17-10-9-16(21(22)23)13-15(17)3;1-11(2)17(19-9-13(4)23-14(5)10-19)18-16-7-6-15(20(21)22)8-12(16)3;1-13(2)17(19-10-6-4-5-7-11-19)18-16-9-8-15(20(21)22)12-14(16)3/h7-8,11,13H,6,9-10,12H2,1-5H3;6-7,9,12-14H,8,10-11H2,1-5H3;9-12,14-15H,6-8H2,1-5H3;9-10,13-14H,4-8,11-12H2,1-3H3;6-8,11,13-14H,9-10H2,1-5H3;8-9,12-13H,4-7,10-11H2,1-3H3. The monoisotopic (exact) mass is 1890 g/mol. The maximum atomic E-state index is 10.9. The fourth-order valence-electron chi connectivity index (χ4n) is 18.8. The topological polar surface area (TPSA) is 362 Å². The molecule has 6 heterocycles. The zero-order valence-corrected chi connectivity index (χ0v) is 86.9. The van der Waals surface area contributed by atoms with Crippen LogP contribution in [0.4, 0.5) is 68.2 Å². The Hall–Kier alpha value is -11.5. The SMILES string of the molecule is Cc1cc([N+](=O)[O-])ccc1N=C(C(C)C)N1C(C)CCCC1C.Cc1cc([N+](=O)[O-])ccc1N=C(C(C)C)N1CC(C)CC(C)C1.Cc1cc([N+](=O)[O-])ccc1N=C(C(C)C)N1CC(C)OC(C)C1.Cc1cc([N+](=O)[O-])ccc1N=C(C(C)C)N1CCCC(C)(C)C1.Cc1cc([N+](=O)[O-])ccc1N=C(C(C)C)N1CCCCCC1.Cc1cc([N+](=O)[O-])ccc1N=C(C(C)C)N1CCCCCCC1. The van der Waals surface area contributed by atoms with Gasteiger partial charge in [-0.1, -0.05) is 143 Å². The van der Waals surface area contributed by atoms with Gasteiger partial charge < -0.3 is 34.1 Å². The summed E-state index contributed by atoms with van der Waals surface area (Å²) in [5.74, 6) is 9.68. The van der Waals surface area contributed by atoms with E-state index in [1.807, 2.05) is 41.5 Å². The molecule has 31 heteroatoms. The van der Waals surface area contributed by atoms with Gasteiger partial charge in [0.2, 0.25) is 0 Å². The number of nitro benzene ring substituents is 6. The molecule has 0 spiro atoms. The van der Waals surface area contributed by atoms with Crippen molar-refractivity contribution in [3.63, 3.8) is 0 Å². The summed E-state index contributed by atoms with van der Waals surface area (Å²) in [7, 11) is 0. The van der Waals surface area contributed by atoms with Crippen LogP contribution in [0.1, 0.15) is 268 Å². The molecule has 0 amide bonds. The van der Waals surface area contributed by atoms with Crippen LogP contribution < -0.4 is 0 Å². The molecule has 6 aliphatic heterocycles. The van der Waals surface area contributed by atoms with Gasteiger partial charge in [-0.15, -0.1) is 0 Å². The number of morpholine rings is 1. The Labute approximate surface area is 814 Å². The number of hydrogen-bond donors (Lipinski definition) is 0. The maximum absolute atomic E-state index is 10.9.